The van der Waals surface area contributed by atoms with Crippen molar-refractivity contribution in [2.45, 2.75) is 13.2 Å². The van der Waals surface area contributed by atoms with E-state index in [1.807, 2.05) is 48.5 Å². The van der Waals surface area contributed by atoms with Crippen molar-refractivity contribution in [3.8, 4) is 5.75 Å². The van der Waals surface area contributed by atoms with Crippen LogP contribution >= 0.6 is 0 Å². The molecule has 0 bridgehead atoms. The molecule has 206 valence electrons. The summed E-state index contributed by atoms with van der Waals surface area (Å²) in [4.78, 5) is 12.6. The number of anilines is 1. The third-order valence-corrected chi connectivity index (χ3v) is 7.66. The third kappa shape index (κ3) is 7.17. The first-order valence-corrected chi connectivity index (χ1v) is 14.9. The lowest BCUT2D eigenvalue weighted by atomic mass is 10.1. The number of hydrogen-bond acceptors (Lipinski definition) is 5. The summed E-state index contributed by atoms with van der Waals surface area (Å²) in [5.74, 6) is 0.367. The molecule has 5 rings (SSSR count). The molecular weight excluding hydrogens is 534 g/mol. The number of carbonyl (C=O) groups excluding carboxylic acids is 1. The van der Waals surface area contributed by atoms with Gasteiger partial charge in [-0.2, -0.15) is 5.10 Å². The minimum atomic E-state index is -3.48. The van der Waals surface area contributed by atoms with Gasteiger partial charge in [-0.25, -0.2) is 13.8 Å². The summed E-state index contributed by atoms with van der Waals surface area (Å²) in [6.45, 7) is 0.618. The van der Waals surface area contributed by atoms with E-state index in [9.17, 15) is 13.2 Å². The summed E-state index contributed by atoms with van der Waals surface area (Å²) in [5.41, 5.74) is 6.20. The minimum absolute atomic E-state index is 0.157. The van der Waals surface area contributed by atoms with Gasteiger partial charge >= 0.3 is 0 Å². The number of ether oxygens (including phenoxy) is 1. The lowest BCUT2D eigenvalue weighted by molar-refractivity contribution is 0.0955. The molecule has 41 heavy (non-hydrogen) atoms. The second-order valence-electron chi connectivity index (χ2n) is 9.50. The summed E-state index contributed by atoms with van der Waals surface area (Å²) in [5, 5.41) is 6.42. The topological polar surface area (TPSA) is 88.1 Å². The van der Waals surface area contributed by atoms with E-state index in [-0.39, 0.29) is 12.5 Å². The van der Waals surface area contributed by atoms with E-state index in [0.717, 1.165) is 22.4 Å². The highest BCUT2D eigenvalue weighted by Gasteiger charge is 2.17. The number of benzene rings is 5. The lowest BCUT2D eigenvalue weighted by Gasteiger charge is -2.22. The van der Waals surface area contributed by atoms with E-state index in [0.29, 0.717) is 17.9 Å². The predicted octanol–water partition coefficient (Wildman–Crippen LogP) is 6.15. The molecule has 5 aromatic carbocycles. The van der Waals surface area contributed by atoms with Crippen LogP contribution in [-0.4, -0.2) is 26.8 Å². The highest BCUT2D eigenvalue weighted by atomic mass is 32.2. The Morgan fingerprint density at radius 2 is 1.51 bits per heavy atom. The number of sulfonamides is 1. The molecule has 0 spiro atoms. The summed E-state index contributed by atoms with van der Waals surface area (Å²) < 4.78 is 32.0. The number of hydrazone groups is 1. The molecular formula is C33H29N3O4S. The van der Waals surface area contributed by atoms with Crippen LogP contribution in [0, 0.1) is 0 Å². The maximum atomic E-state index is 12.6. The maximum absolute atomic E-state index is 12.6. The zero-order valence-electron chi connectivity index (χ0n) is 22.5. The number of nitrogens with zero attached hydrogens (tertiary/aromatic N) is 2. The molecule has 5 aromatic rings. The molecule has 0 saturated carbocycles. The van der Waals surface area contributed by atoms with Crippen LogP contribution < -0.4 is 14.5 Å². The number of amides is 1. The van der Waals surface area contributed by atoms with Gasteiger partial charge in [0.25, 0.3) is 5.91 Å². The molecule has 0 unspecified atom stereocenters. The highest BCUT2D eigenvalue weighted by Crippen LogP contribution is 2.22. The average Bonchev–Trinajstić information content (AvgIpc) is 2.99. The van der Waals surface area contributed by atoms with Gasteiger partial charge in [0.1, 0.15) is 12.4 Å². The molecule has 1 amide bonds. The Morgan fingerprint density at radius 3 is 2.24 bits per heavy atom. The van der Waals surface area contributed by atoms with Gasteiger partial charge in [-0.1, -0.05) is 72.8 Å². The van der Waals surface area contributed by atoms with E-state index >= 15 is 0 Å². The van der Waals surface area contributed by atoms with Crippen LogP contribution in [0.25, 0.3) is 10.8 Å². The van der Waals surface area contributed by atoms with Gasteiger partial charge in [0, 0.05) is 5.56 Å². The largest absolute Gasteiger partial charge is 0.489 e. The molecule has 7 nitrogen and oxygen atoms in total. The zero-order chi connectivity index (χ0) is 28.7. The second kappa shape index (κ2) is 12.5. The Kier molecular flexibility index (Phi) is 8.41. The maximum Gasteiger partial charge on any atom is 0.271 e. The molecule has 0 heterocycles. The number of hydrogen-bond donors (Lipinski definition) is 1. The van der Waals surface area contributed by atoms with E-state index < -0.39 is 10.0 Å². The first kappa shape index (κ1) is 27.6. The summed E-state index contributed by atoms with van der Waals surface area (Å²) in [7, 11) is -3.48. The van der Waals surface area contributed by atoms with Gasteiger partial charge in [0.15, 0.2) is 0 Å². The molecule has 8 heteroatoms. The summed E-state index contributed by atoms with van der Waals surface area (Å²) >= 11 is 0. The van der Waals surface area contributed by atoms with Crippen LogP contribution in [0.3, 0.4) is 0 Å². The van der Waals surface area contributed by atoms with Gasteiger partial charge in [0.05, 0.1) is 24.7 Å². The molecule has 0 saturated heterocycles. The first-order chi connectivity index (χ1) is 19.9. The van der Waals surface area contributed by atoms with Crippen LogP contribution in [0.4, 0.5) is 5.69 Å². The summed E-state index contributed by atoms with van der Waals surface area (Å²) in [6, 6.07) is 37.5. The van der Waals surface area contributed by atoms with Crippen LogP contribution in [0.5, 0.6) is 5.75 Å². The Bertz CT molecular complexity index is 1760. The van der Waals surface area contributed by atoms with Crippen LogP contribution in [0.2, 0.25) is 0 Å². The van der Waals surface area contributed by atoms with Crippen LogP contribution in [-0.2, 0) is 23.2 Å². The number of para-hydroxylation sites is 1. The third-order valence-electron chi connectivity index (χ3n) is 6.52. The number of fused-ring (bicyclic) bond motifs is 1. The number of carbonyl (C=O) groups is 1. The quantitative estimate of drug-likeness (QED) is 0.163. The van der Waals surface area contributed by atoms with Gasteiger partial charge in [-0.15, -0.1) is 0 Å². The van der Waals surface area contributed by atoms with Crippen molar-refractivity contribution in [3.05, 3.63) is 144 Å². The SMILES string of the molecule is CS(=O)(=O)N(Cc1ccc(C(=O)N/N=C\c2ccc(OCc3cccc4ccccc34)cc2)cc1)c1ccccc1. The fraction of sp³-hybridized carbons (Fsp3) is 0.0909. The Labute approximate surface area is 239 Å². The van der Waals surface area contributed by atoms with Crippen molar-refractivity contribution < 1.29 is 17.9 Å². The minimum Gasteiger partial charge on any atom is -0.489 e. The van der Waals surface area contributed by atoms with Crippen LogP contribution in [0.1, 0.15) is 27.0 Å². The van der Waals surface area contributed by atoms with Crippen molar-refractivity contribution >= 4 is 38.6 Å². The smallest absolute Gasteiger partial charge is 0.271 e. The molecule has 0 radical (unpaired) electrons. The highest BCUT2D eigenvalue weighted by molar-refractivity contribution is 7.92. The van der Waals surface area contributed by atoms with Crippen molar-refractivity contribution in [2.75, 3.05) is 10.6 Å². The van der Waals surface area contributed by atoms with Crippen molar-refractivity contribution in [2.24, 2.45) is 5.10 Å². The van der Waals surface area contributed by atoms with Gasteiger partial charge in [-0.05, 0) is 76.0 Å². The number of rotatable bonds is 10. The van der Waals surface area contributed by atoms with Gasteiger partial charge in [-0.3, -0.25) is 9.10 Å². The monoisotopic (exact) mass is 563 g/mol. The molecule has 0 fully saturated rings. The Morgan fingerprint density at radius 1 is 0.829 bits per heavy atom. The lowest BCUT2D eigenvalue weighted by Crippen LogP contribution is -2.29. The van der Waals surface area contributed by atoms with E-state index in [1.54, 1.807) is 54.7 Å². The fourth-order valence-electron chi connectivity index (χ4n) is 4.38. The van der Waals surface area contributed by atoms with Crippen LogP contribution in [0.15, 0.2) is 126 Å². The summed E-state index contributed by atoms with van der Waals surface area (Å²) in [6.07, 6.45) is 2.73. The van der Waals surface area contributed by atoms with Crippen molar-refractivity contribution in [1.29, 1.82) is 0 Å². The van der Waals surface area contributed by atoms with E-state index in [2.05, 4.69) is 34.8 Å². The van der Waals surface area contributed by atoms with Gasteiger partial charge in [0.2, 0.25) is 10.0 Å². The zero-order valence-corrected chi connectivity index (χ0v) is 23.3. The van der Waals surface area contributed by atoms with Crippen molar-refractivity contribution in [3.63, 3.8) is 0 Å². The van der Waals surface area contributed by atoms with Gasteiger partial charge < -0.3 is 4.74 Å². The average molecular weight is 564 g/mol. The van der Waals surface area contributed by atoms with E-state index in [1.165, 1.54) is 21.3 Å². The Hall–Kier alpha value is -4.95. The standard InChI is InChI=1S/C33H29N3O4S/c1-41(38,39)36(30-11-3-2-4-12-30)23-26-14-18-28(19-15-26)33(37)35-34-22-25-16-20-31(21-17-25)40-24-29-10-7-9-27-8-5-6-13-32(27)29/h2-22H,23-24H2,1H3,(H,35,37)/b34-22-. The second-order valence-corrected chi connectivity index (χ2v) is 11.4. The molecule has 0 atom stereocenters. The Balaban J connectivity index is 1.14. The molecule has 0 aliphatic rings. The van der Waals surface area contributed by atoms with Crippen molar-refractivity contribution in [1.82, 2.24) is 5.43 Å². The first-order valence-electron chi connectivity index (χ1n) is 13.0. The normalized spacial score (nSPS) is 11.4. The van der Waals surface area contributed by atoms with E-state index in [4.69, 9.17) is 4.74 Å². The fourth-order valence-corrected chi connectivity index (χ4v) is 5.27. The molecule has 0 aliphatic carbocycles. The predicted molar refractivity (Wildman–Crippen MR) is 164 cm³/mol. The number of nitrogens with one attached hydrogen (secondary N) is 1. The molecule has 0 aliphatic heterocycles. The molecule has 0 aromatic heterocycles. The molecule has 1 N–H and O–H groups in total.